The summed E-state index contributed by atoms with van der Waals surface area (Å²) in [4.78, 5) is 16.8. The fraction of sp³-hybridized carbons (Fsp3) is 0.0909. The Hall–Kier alpha value is -3.20. The van der Waals surface area contributed by atoms with E-state index in [9.17, 15) is 4.79 Å². The summed E-state index contributed by atoms with van der Waals surface area (Å²) in [6.45, 7) is 2.33. The molecule has 0 saturated heterocycles. The summed E-state index contributed by atoms with van der Waals surface area (Å²) >= 11 is 0. The van der Waals surface area contributed by atoms with E-state index in [0.29, 0.717) is 23.3 Å². The predicted octanol–water partition coefficient (Wildman–Crippen LogP) is 4.96. The maximum absolute atomic E-state index is 12.2. The minimum atomic E-state index is -0.0325. The minimum absolute atomic E-state index is 0.0325. The van der Waals surface area contributed by atoms with Crippen LogP contribution in [0, 0.1) is 0 Å². The Kier molecular flexibility index (Phi) is 3.90. The molecular formula is C22H17NO2. The number of aliphatic imine (C=N–C) groups is 1. The molecule has 0 amide bonds. The number of hydrogen-bond acceptors (Lipinski definition) is 3. The van der Waals surface area contributed by atoms with Crippen LogP contribution in [0.1, 0.15) is 18.2 Å². The van der Waals surface area contributed by atoms with E-state index in [1.165, 1.54) is 16.8 Å². The van der Waals surface area contributed by atoms with Crippen LogP contribution < -0.4 is 5.43 Å². The lowest BCUT2D eigenvalue weighted by Crippen LogP contribution is -2.02. The lowest BCUT2D eigenvalue weighted by atomic mass is 10.0. The molecule has 0 saturated carbocycles. The molecule has 3 nitrogen and oxygen atoms in total. The molecule has 4 aromatic rings. The number of hydrogen-bond donors (Lipinski definition) is 0. The third-order valence-electron chi connectivity index (χ3n) is 4.34. The molecule has 0 aliphatic rings. The van der Waals surface area contributed by atoms with E-state index in [0.717, 1.165) is 11.3 Å². The summed E-state index contributed by atoms with van der Waals surface area (Å²) in [7, 11) is 0. The fourth-order valence-electron chi connectivity index (χ4n) is 3.05. The zero-order valence-electron chi connectivity index (χ0n) is 13.9. The van der Waals surface area contributed by atoms with Gasteiger partial charge in [-0.1, -0.05) is 54.6 Å². The highest BCUT2D eigenvalue weighted by atomic mass is 16.3. The summed E-state index contributed by atoms with van der Waals surface area (Å²) in [5.41, 5.74) is 2.59. The molecule has 0 unspecified atom stereocenters. The van der Waals surface area contributed by atoms with E-state index < -0.39 is 0 Å². The van der Waals surface area contributed by atoms with Gasteiger partial charge in [-0.15, -0.1) is 0 Å². The van der Waals surface area contributed by atoms with Crippen LogP contribution in [0.5, 0.6) is 0 Å². The van der Waals surface area contributed by atoms with Gasteiger partial charge in [0.15, 0.2) is 5.43 Å². The van der Waals surface area contributed by atoms with Crippen LogP contribution in [0.3, 0.4) is 0 Å². The second-order valence-electron chi connectivity index (χ2n) is 6.00. The maximum Gasteiger partial charge on any atom is 0.193 e. The second kappa shape index (κ2) is 6.36. The van der Waals surface area contributed by atoms with E-state index >= 15 is 0 Å². The van der Waals surface area contributed by atoms with Crippen molar-refractivity contribution >= 4 is 27.5 Å². The largest absolute Gasteiger partial charge is 0.459 e. The first-order valence-electron chi connectivity index (χ1n) is 8.23. The molecule has 3 aromatic carbocycles. The van der Waals surface area contributed by atoms with Gasteiger partial charge < -0.3 is 4.42 Å². The van der Waals surface area contributed by atoms with Gasteiger partial charge in [0.1, 0.15) is 11.3 Å². The average Bonchev–Trinajstić information content (AvgIpc) is 2.66. The summed E-state index contributed by atoms with van der Waals surface area (Å²) in [6, 6.07) is 23.2. The summed E-state index contributed by atoms with van der Waals surface area (Å²) in [5, 5.41) is 2.96. The van der Waals surface area contributed by atoms with Crippen molar-refractivity contribution in [3.63, 3.8) is 0 Å². The molecule has 0 aliphatic heterocycles. The molecule has 0 fully saturated rings. The van der Waals surface area contributed by atoms with Crippen LogP contribution >= 0.6 is 0 Å². The van der Waals surface area contributed by atoms with Gasteiger partial charge in [-0.2, -0.15) is 0 Å². The van der Waals surface area contributed by atoms with Gasteiger partial charge in [0.2, 0.25) is 0 Å². The molecule has 0 spiro atoms. The topological polar surface area (TPSA) is 42.6 Å². The highest BCUT2D eigenvalue weighted by Gasteiger charge is 2.06. The zero-order chi connectivity index (χ0) is 17.2. The van der Waals surface area contributed by atoms with Gasteiger partial charge in [0, 0.05) is 17.3 Å². The molecule has 0 bridgehead atoms. The summed E-state index contributed by atoms with van der Waals surface area (Å²) < 4.78 is 5.81. The van der Waals surface area contributed by atoms with Gasteiger partial charge in [0.25, 0.3) is 0 Å². The first-order chi connectivity index (χ1) is 12.2. The molecule has 0 atom stereocenters. The zero-order valence-corrected chi connectivity index (χ0v) is 13.9. The van der Waals surface area contributed by atoms with Crippen LogP contribution in [0.15, 0.2) is 87.0 Å². The van der Waals surface area contributed by atoms with Gasteiger partial charge in [0.05, 0.1) is 11.9 Å². The Labute approximate surface area is 145 Å². The molecule has 0 radical (unpaired) electrons. The molecule has 1 heterocycles. The smallest absolute Gasteiger partial charge is 0.193 e. The van der Waals surface area contributed by atoms with Crippen LogP contribution in [0.25, 0.3) is 21.7 Å². The lowest BCUT2D eigenvalue weighted by Gasteiger charge is -2.06. The fourth-order valence-corrected chi connectivity index (χ4v) is 3.05. The molecule has 3 heteroatoms. The Morgan fingerprint density at radius 3 is 2.52 bits per heavy atom. The van der Waals surface area contributed by atoms with Crippen LogP contribution in [0.4, 0.5) is 0 Å². The van der Waals surface area contributed by atoms with Gasteiger partial charge in [-0.25, -0.2) is 0 Å². The predicted molar refractivity (Wildman–Crippen MR) is 102 cm³/mol. The highest BCUT2D eigenvalue weighted by Crippen LogP contribution is 2.20. The first kappa shape index (κ1) is 15.3. The Bertz CT molecular complexity index is 1150. The number of nitrogens with zero attached hydrogens (tertiary/aromatic N) is 1. The van der Waals surface area contributed by atoms with E-state index in [-0.39, 0.29) is 5.43 Å². The maximum atomic E-state index is 12.2. The van der Waals surface area contributed by atoms with Crippen molar-refractivity contribution in [1.29, 1.82) is 0 Å². The monoisotopic (exact) mass is 327 g/mol. The van der Waals surface area contributed by atoms with Gasteiger partial charge in [-0.3, -0.25) is 9.79 Å². The number of rotatable bonds is 3. The van der Waals surface area contributed by atoms with Crippen molar-refractivity contribution in [2.75, 3.05) is 0 Å². The second-order valence-corrected chi connectivity index (χ2v) is 6.00. The normalized spacial score (nSPS) is 12.0. The molecule has 0 N–H and O–H groups in total. The summed E-state index contributed by atoms with van der Waals surface area (Å²) in [6.07, 6.45) is 0. The molecular weight excluding hydrogens is 310 g/mol. The Morgan fingerprint density at radius 2 is 1.64 bits per heavy atom. The van der Waals surface area contributed by atoms with Crippen molar-refractivity contribution in [3.05, 3.63) is 94.3 Å². The minimum Gasteiger partial charge on any atom is -0.459 e. The number of fused-ring (bicyclic) bond motifs is 2. The van der Waals surface area contributed by atoms with E-state index in [4.69, 9.17) is 4.42 Å². The average molecular weight is 327 g/mol. The summed E-state index contributed by atoms with van der Waals surface area (Å²) in [5.74, 6) is 0.572. The third kappa shape index (κ3) is 2.96. The van der Waals surface area contributed by atoms with Crippen LogP contribution in [-0.2, 0) is 6.54 Å². The molecule has 25 heavy (non-hydrogen) atoms. The quantitative estimate of drug-likeness (QED) is 0.499. The Balaban J connectivity index is 1.70. The molecule has 0 aliphatic carbocycles. The first-order valence-corrected chi connectivity index (χ1v) is 8.23. The van der Waals surface area contributed by atoms with Crippen molar-refractivity contribution < 1.29 is 4.42 Å². The van der Waals surface area contributed by atoms with E-state index in [1.807, 2.05) is 43.3 Å². The standard InChI is InChI=1S/C22H17NO2/c1-15(18-11-6-8-16-7-2-3-9-19(16)18)23-14-17-13-21(24)20-10-4-5-12-22(20)25-17/h2-13H,14H2,1H3. The van der Waals surface area contributed by atoms with Gasteiger partial charge >= 0.3 is 0 Å². The lowest BCUT2D eigenvalue weighted by molar-refractivity contribution is 0.539. The number of para-hydroxylation sites is 1. The molecule has 1 aromatic heterocycles. The van der Waals surface area contributed by atoms with E-state index in [1.54, 1.807) is 6.07 Å². The highest BCUT2D eigenvalue weighted by molar-refractivity contribution is 6.09. The third-order valence-corrected chi connectivity index (χ3v) is 4.34. The van der Waals surface area contributed by atoms with Crippen molar-refractivity contribution in [2.24, 2.45) is 4.99 Å². The van der Waals surface area contributed by atoms with Crippen molar-refractivity contribution in [1.82, 2.24) is 0 Å². The SMILES string of the molecule is CC(=NCc1cc(=O)c2ccccc2o1)c1cccc2ccccc12. The van der Waals surface area contributed by atoms with Crippen LogP contribution in [0.2, 0.25) is 0 Å². The Morgan fingerprint density at radius 1 is 0.920 bits per heavy atom. The van der Waals surface area contributed by atoms with Crippen molar-refractivity contribution in [2.45, 2.75) is 13.5 Å². The van der Waals surface area contributed by atoms with E-state index in [2.05, 4.69) is 29.3 Å². The van der Waals surface area contributed by atoms with Crippen LogP contribution in [-0.4, -0.2) is 5.71 Å². The molecule has 122 valence electrons. The van der Waals surface area contributed by atoms with Crippen molar-refractivity contribution in [3.8, 4) is 0 Å². The number of benzene rings is 3. The van der Waals surface area contributed by atoms with Gasteiger partial charge in [-0.05, 0) is 29.8 Å². The molecule has 4 rings (SSSR count).